The summed E-state index contributed by atoms with van der Waals surface area (Å²) < 4.78 is 10.6. The van der Waals surface area contributed by atoms with E-state index in [9.17, 15) is 4.79 Å². The fraction of sp³-hybridized carbons (Fsp3) is 0.941. The van der Waals surface area contributed by atoms with Crippen LogP contribution in [0.4, 0.5) is 0 Å². The van der Waals surface area contributed by atoms with E-state index in [4.69, 9.17) is 9.47 Å². The zero-order valence-electron chi connectivity index (χ0n) is 14.1. The molecule has 1 aliphatic carbocycles. The van der Waals surface area contributed by atoms with Gasteiger partial charge in [-0.05, 0) is 38.8 Å². The summed E-state index contributed by atoms with van der Waals surface area (Å²) in [5, 5.41) is 0. The molecule has 3 fully saturated rings. The van der Waals surface area contributed by atoms with Crippen LogP contribution in [0.5, 0.6) is 0 Å². The molecule has 0 aromatic rings. The third kappa shape index (κ3) is 2.91. The summed E-state index contributed by atoms with van der Waals surface area (Å²) in [5.41, 5.74) is 0.126. The van der Waals surface area contributed by atoms with Crippen LogP contribution in [0, 0.1) is 11.3 Å². The van der Waals surface area contributed by atoms with E-state index in [2.05, 4.69) is 4.90 Å². The topological polar surface area (TPSA) is 42.0 Å². The van der Waals surface area contributed by atoms with Gasteiger partial charge in [-0.15, -0.1) is 0 Å². The first kappa shape index (κ1) is 16.2. The lowest BCUT2D eigenvalue weighted by Crippen LogP contribution is -2.50. The van der Waals surface area contributed by atoms with E-state index in [1.165, 1.54) is 19.3 Å². The van der Waals surface area contributed by atoms with E-state index in [0.29, 0.717) is 19.8 Å². The molecule has 0 aromatic carbocycles. The highest BCUT2D eigenvalue weighted by atomic mass is 16.5. The summed E-state index contributed by atoms with van der Waals surface area (Å²) >= 11 is 0. The van der Waals surface area contributed by atoms with Gasteiger partial charge in [0.2, 0.25) is 5.91 Å². The zero-order chi connectivity index (χ0) is 15.6. The Bertz CT molecular complexity index is 389. The number of amides is 1. The molecule has 0 unspecified atom stereocenters. The molecule has 22 heavy (non-hydrogen) atoms. The first-order valence-corrected chi connectivity index (χ1v) is 8.71. The van der Waals surface area contributed by atoms with Crippen molar-refractivity contribution in [3.63, 3.8) is 0 Å². The average molecular weight is 310 g/mol. The fourth-order valence-electron chi connectivity index (χ4n) is 4.45. The summed E-state index contributed by atoms with van der Waals surface area (Å²) in [7, 11) is 3.41. The van der Waals surface area contributed by atoms with Crippen LogP contribution in [0.2, 0.25) is 0 Å². The molecular weight excluding hydrogens is 280 g/mol. The lowest BCUT2D eigenvalue weighted by molar-refractivity contribution is -0.134. The molecule has 0 radical (unpaired) electrons. The van der Waals surface area contributed by atoms with Crippen molar-refractivity contribution in [3.05, 3.63) is 0 Å². The Morgan fingerprint density at radius 3 is 2.45 bits per heavy atom. The van der Waals surface area contributed by atoms with Gasteiger partial charge in [-0.2, -0.15) is 0 Å². The number of carbonyl (C=O) groups is 1. The molecule has 1 atom stereocenters. The van der Waals surface area contributed by atoms with Crippen LogP contribution in [0.25, 0.3) is 0 Å². The molecule has 0 bridgehead atoms. The molecule has 2 heterocycles. The van der Waals surface area contributed by atoms with Crippen LogP contribution in [0.1, 0.15) is 32.1 Å². The Morgan fingerprint density at radius 1 is 1.18 bits per heavy atom. The van der Waals surface area contributed by atoms with Crippen LogP contribution in [-0.4, -0.2) is 75.4 Å². The third-order valence-corrected chi connectivity index (χ3v) is 6.14. The summed E-state index contributed by atoms with van der Waals surface area (Å²) in [6, 6.07) is 0.819. The highest BCUT2D eigenvalue weighted by Gasteiger charge is 2.53. The van der Waals surface area contributed by atoms with Gasteiger partial charge in [0.1, 0.15) is 0 Å². The molecule has 126 valence electrons. The van der Waals surface area contributed by atoms with Gasteiger partial charge in [0.15, 0.2) is 0 Å². The van der Waals surface area contributed by atoms with E-state index in [1.54, 1.807) is 14.2 Å². The molecule has 1 saturated carbocycles. The number of carbonyl (C=O) groups excluding carboxylic acids is 1. The summed E-state index contributed by atoms with van der Waals surface area (Å²) in [5.74, 6) is 0.314. The molecule has 2 saturated heterocycles. The number of methoxy groups -OCH3 is 2. The van der Waals surface area contributed by atoms with Gasteiger partial charge in [-0.25, -0.2) is 0 Å². The van der Waals surface area contributed by atoms with Crippen molar-refractivity contribution in [1.29, 1.82) is 0 Å². The molecule has 1 spiro atoms. The van der Waals surface area contributed by atoms with E-state index >= 15 is 0 Å². The maximum atomic E-state index is 12.7. The van der Waals surface area contributed by atoms with Gasteiger partial charge in [0.05, 0.1) is 19.1 Å². The maximum Gasteiger partial charge on any atom is 0.228 e. The molecular formula is C17H30N2O3. The van der Waals surface area contributed by atoms with Crippen LogP contribution < -0.4 is 0 Å². The highest BCUT2D eigenvalue weighted by Crippen LogP contribution is 2.46. The van der Waals surface area contributed by atoms with Gasteiger partial charge >= 0.3 is 0 Å². The number of piperidine rings is 1. The number of nitrogens with zero attached hydrogens (tertiary/aromatic N) is 2. The quantitative estimate of drug-likeness (QED) is 0.743. The van der Waals surface area contributed by atoms with E-state index in [-0.39, 0.29) is 17.2 Å². The summed E-state index contributed by atoms with van der Waals surface area (Å²) in [6.07, 6.45) is 6.39. The second-order valence-electron chi connectivity index (χ2n) is 7.24. The largest absolute Gasteiger partial charge is 0.384 e. The Hall–Kier alpha value is -0.650. The van der Waals surface area contributed by atoms with Crippen molar-refractivity contribution in [2.45, 2.75) is 38.1 Å². The molecule has 2 aliphatic heterocycles. The first-order valence-electron chi connectivity index (χ1n) is 8.71. The van der Waals surface area contributed by atoms with E-state index < -0.39 is 0 Å². The predicted molar refractivity (Wildman–Crippen MR) is 84.7 cm³/mol. The molecule has 1 amide bonds. The normalized spacial score (nSPS) is 29.3. The monoisotopic (exact) mass is 310 g/mol. The van der Waals surface area contributed by atoms with E-state index in [0.717, 1.165) is 38.5 Å². The number of likely N-dealkylation sites (tertiary alicyclic amines) is 2. The number of hydrogen-bond donors (Lipinski definition) is 0. The van der Waals surface area contributed by atoms with Gasteiger partial charge in [0, 0.05) is 38.8 Å². The Morgan fingerprint density at radius 2 is 1.91 bits per heavy atom. The average Bonchev–Trinajstić information content (AvgIpc) is 2.72. The van der Waals surface area contributed by atoms with Crippen molar-refractivity contribution in [1.82, 2.24) is 9.80 Å². The van der Waals surface area contributed by atoms with Crippen LogP contribution in [0.15, 0.2) is 0 Å². The van der Waals surface area contributed by atoms with Crippen molar-refractivity contribution in [2.75, 3.05) is 53.6 Å². The minimum Gasteiger partial charge on any atom is -0.384 e. The Balaban J connectivity index is 1.66. The summed E-state index contributed by atoms with van der Waals surface area (Å²) in [4.78, 5) is 17.4. The highest BCUT2D eigenvalue weighted by molar-refractivity contribution is 5.82. The number of hydrogen-bond acceptors (Lipinski definition) is 4. The van der Waals surface area contributed by atoms with Gasteiger partial charge in [-0.3, -0.25) is 4.79 Å². The van der Waals surface area contributed by atoms with Crippen LogP contribution in [0.3, 0.4) is 0 Å². The fourth-order valence-corrected chi connectivity index (χ4v) is 4.45. The summed E-state index contributed by atoms with van der Waals surface area (Å²) in [6.45, 7) is 5.08. The second kappa shape index (κ2) is 6.85. The standard InChI is InChI=1S/C17H30N2O3/c1-21-11-10-19-13-17(15(12-22-2)16(19)20)6-8-18(9-7-17)14-4-3-5-14/h14-15H,3-13H2,1-2H3/t15-/m0/s1. The molecule has 3 aliphatic rings. The van der Waals surface area contributed by atoms with Crippen LogP contribution >= 0.6 is 0 Å². The van der Waals surface area contributed by atoms with Gasteiger partial charge < -0.3 is 19.3 Å². The molecule has 3 rings (SSSR count). The number of rotatable bonds is 6. The smallest absolute Gasteiger partial charge is 0.228 e. The molecule has 5 heteroatoms. The van der Waals surface area contributed by atoms with Crippen LogP contribution in [-0.2, 0) is 14.3 Å². The van der Waals surface area contributed by atoms with Gasteiger partial charge in [-0.1, -0.05) is 6.42 Å². The van der Waals surface area contributed by atoms with Crippen molar-refractivity contribution >= 4 is 5.91 Å². The zero-order valence-corrected chi connectivity index (χ0v) is 14.1. The lowest BCUT2D eigenvalue weighted by Gasteiger charge is -2.46. The number of ether oxygens (including phenoxy) is 2. The second-order valence-corrected chi connectivity index (χ2v) is 7.24. The third-order valence-electron chi connectivity index (χ3n) is 6.14. The van der Waals surface area contributed by atoms with Crippen molar-refractivity contribution < 1.29 is 14.3 Å². The minimum absolute atomic E-state index is 0.0397. The van der Waals surface area contributed by atoms with E-state index in [1.807, 2.05) is 4.90 Å². The Labute approximate surface area is 133 Å². The van der Waals surface area contributed by atoms with Crippen molar-refractivity contribution in [2.24, 2.45) is 11.3 Å². The predicted octanol–water partition coefficient (Wildman–Crippen LogP) is 1.37. The van der Waals surface area contributed by atoms with Gasteiger partial charge in [0.25, 0.3) is 0 Å². The minimum atomic E-state index is 0.0397. The first-order chi connectivity index (χ1) is 10.7. The molecule has 0 N–H and O–H groups in total. The SMILES string of the molecule is COCCN1CC2(CCN(C3CCC3)CC2)[C@@H](COC)C1=O. The Kier molecular flexibility index (Phi) is 5.05. The van der Waals surface area contributed by atoms with Crippen molar-refractivity contribution in [3.8, 4) is 0 Å². The molecule has 0 aromatic heterocycles. The maximum absolute atomic E-state index is 12.7. The molecule has 5 nitrogen and oxygen atoms in total. The lowest BCUT2D eigenvalue weighted by atomic mass is 9.70.